The summed E-state index contributed by atoms with van der Waals surface area (Å²) >= 11 is 0. The van der Waals surface area contributed by atoms with Crippen LogP contribution in [0.25, 0.3) is 0 Å². The fraction of sp³-hybridized carbons (Fsp3) is 1.00. The van der Waals surface area contributed by atoms with Crippen molar-refractivity contribution in [2.24, 2.45) is 0 Å². The number of rotatable bonds is 9. The first-order valence-corrected chi connectivity index (χ1v) is 6.99. The monoisotopic (exact) mass is 206 g/mol. The van der Waals surface area contributed by atoms with E-state index in [0.717, 1.165) is 6.42 Å². The highest BCUT2D eigenvalue weighted by Gasteiger charge is 1.94. The van der Waals surface area contributed by atoms with E-state index in [1.165, 1.54) is 32.1 Å². The van der Waals surface area contributed by atoms with Gasteiger partial charge in [0.25, 0.3) is 0 Å². The van der Waals surface area contributed by atoms with E-state index in [1.807, 2.05) is 6.92 Å². The normalized spacial score (nSPS) is 13.1. The van der Waals surface area contributed by atoms with Crippen molar-refractivity contribution in [1.29, 1.82) is 0 Å². The molecule has 0 rings (SSSR count). The molecule has 1 unspecified atom stereocenters. The Morgan fingerprint density at radius 1 is 1.00 bits per heavy atom. The Hall–Kier alpha value is 0.190. The maximum absolute atomic E-state index is 10.9. The second-order valence-corrected chi connectivity index (χ2v) is 5.08. The Labute approximate surface area is 82.9 Å². The maximum Gasteiger partial charge on any atom is 0.191 e. The largest absolute Gasteiger partial charge is 0.330 e. The van der Waals surface area contributed by atoms with E-state index in [1.54, 1.807) is 0 Å². The van der Waals surface area contributed by atoms with Crippen molar-refractivity contribution in [3.8, 4) is 0 Å². The summed E-state index contributed by atoms with van der Waals surface area (Å²) in [5, 5.41) is 0. The van der Waals surface area contributed by atoms with Gasteiger partial charge in [-0.15, -0.1) is 0 Å². The van der Waals surface area contributed by atoms with Crippen LogP contribution in [0.2, 0.25) is 0 Å². The molecule has 0 fully saturated rings. The molecule has 0 amide bonds. The molecule has 0 aromatic carbocycles. The van der Waals surface area contributed by atoms with Gasteiger partial charge in [-0.1, -0.05) is 46.0 Å². The Morgan fingerprint density at radius 2 is 1.62 bits per heavy atom. The molecule has 0 radical (unpaired) electrons. The van der Waals surface area contributed by atoms with E-state index in [4.69, 9.17) is 4.52 Å². The number of hydrogen-bond donors (Lipinski definition) is 0. The van der Waals surface area contributed by atoms with E-state index >= 15 is 0 Å². The molecule has 0 aliphatic carbocycles. The summed E-state index contributed by atoms with van der Waals surface area (Å²) in [4.78, 5) is 0. The van der Waals surface area contributed by atoms with E-state index in [0.29, 0.717) is 12.8 Å². The molecule has 0 heterocycles. The third-order valence-electron chi connectivity index (χ3n) is 2.05. The van der Waals surface area contributed by atoms with Crippen molar-refractivity contribution in [1.82, 2.24) is 0 Å². The van der Waals surface area contributed by atoms with Crippen molar-refractivity contribution in [2.45, 2.75) is 52.4 Å². The lowest BCUT2D eigenvalue weighted by Gasteiger charge is -2.02. The summed E-state index contributed by atoms with van der Waals surface area (Å²) < 4.78 is 16.1. The fourth-order valence-corrected chi connectivity index (χ4v) is 1.75. The van der Waals surface area contributed by atoms with Gasteiger partial charge >= 0.3 is 0 Å². The molecule has 13 heavy (non-hydrogen) atoms. The van der Waals surface area contributed by atoms with Gasteiger partial charge in [0.2, 0.25) is 0 Å². The average Bonchev–Trinajstić information content (AvgIpc) is 2.16. The van der Waals surface area contributed by atoms with Gasteiger partial charge in [-0.05, 0) is 6.42 Å². The molecule has 0 saturated carbocycles. The van der Waals surface area contributed by atoms with E-state index in [9.17, 15) is 4.57 Å². The molecular weight excluding hydrogens is 183 g/mol. The first-order valence-electron chi connectivity index (χ1n) is 5.46. The molecule has 3 heteroatoms. The second kappa shape index (κ2) is 10.3. The molecule has 0 N–H and O–H groups in total. The Kier molecular flexibility index (Phi) is 10.4. The minimum Gasteiger partial charge on any atom is -0.330 e. The molecule has 0 aliphatic rings. The Morgan fingerprint density at radius 3 is 2.23 bits per heavy atom. The van der Waals surface area contributed by atoms with Crippen molar-refractivity contribution in [3.63, 3.8) is 0 Å². The number of unbranched alkanes of at least 4 members (excludes halogenated alkanes) is 5. The molecule has 0 aromatic rings. The Bertz CT molecular complexity index is 126. The van der Waals surface area contributed by atoms with Gasteiger partial charge in [0.15, 0.2) is 8.03 Å². The maximum atomic E-state index is 10.9. The molecular formula is C10H23O2P. The summed E-state index contributed by atoms with van der Waals surface area (Å²) in [6.45, 7) is 4.82. The lowest BCUT2D eigenvalue weighted by Crippen LogP contribution is -1.88. The molecule has 0 aromatic heterocycles. The van der Waals surface area contributed by atoms with Crippen LogP contribution in [0.3, 0.4) is 0 Å². The van der Waals surface area contributed by atoms with E-state index in [-0.39, 0.29) is 0 Å². The van der Waals surface area contributed by atoms with Crippen LogP contribution in [0.5, 0.6) is 0 Å². The van der Waals surface area contributed by atoms with Gasteiger partial charge in [0.05, 0.1) is 6.61 Å². The van der Waals surface area contributed by atoms with Crippen LogP contribution in [0.4, 0.5) is 0 Å². The summed E-state index contributed by atoms with van der Waals surface area (Å²) in [7, 11) is -1.68. The van der Waals surface area contributed by atoms with E-state index in [2.05, 4.69) is 6.92 Å². The van der Waals surface area contributed by atoms with Gasteiger partial charge in [0, 0.05) is 6.16 Å². The highest BCUT2D eigenvalue weighted by atomic mass is 31.1. The first-order chi connectivity index (χ1) is 6.31. The van der Waals surface area contributed by atoms with Crippen LogP contribution in [0.15, 0.2) is 0 Å². The van der Waals surface area contributed by atoms with Gasteiger partial charge in [-0.3, -0.25) is 4.57 Å². The quantitative estimate of drug-likeness (QED) is 0.423. The molecule has 0 saturated heterocycles. The minimum absolute atomic E-state index is 0.681. The van der Waals surface area contributed by atoms with Crippen molar-refractivity contribution >= 4 is 8.03 Å². The standard InChI is InChI=1S/C10H23O2P/c1-3-5-6-7-8-9-10-12-13(11)4-2/h13H,3-10H2,1-2H3. The molecule has 1 atom stereocenters. The minimum atomic E-state index is -1.68. The predicted octanol–water partition coefficient (Wildman–Crippen LogP) is 3.86. The molecule has 2 nitrogen and oxygen atoms in total. The summed E-state index contributed by atoms with van der Waals surface area (Å²) in [5.74, 6) is 0. The third-order valence-corrected chi connectivity index (χ3v) is 3.15. The van der Waals surface area contributed by atoms with Crippen LogP contribution in [0, 0.1) is 0 Å². The lowest BCUT2D eigenvalue weighted by molar-refractivity contribution is 0.316. The smallest absolute Gasteiger partial charge is 0.191 e. The highest BCUT2D eigenvalue weighted by molar-refractivity contribution is 7.39. The predicted molar refractivity (Wildman–Crippen MR) is 58.9 cm³/mol. The van der Waals surface area contributed by atoms with Crippen LogP contribution >= 0.6 is 8.03 Å². The molecule has 0 aliphatic heterocycles. The third kappa shape index (κ3) is 10.1. The van der Waals surface area contributed by atoms with Crippen LogP contribution in [-0.4, -0.2) is 12.8 Å². The van der Waals surface area contributed by atoms with Crippen molar-refractivity contribution in [3.05, 3.63) is 0 Å². The van der Waals surface area contributed by atoms with E-state index < -0.39 is 8.03 Å². The summed E-state index contributed by atoms with van der Waals surface area (Å²) in [6.07, 6.45) is 8.23. The van der Waals surface area contributed by atoms with Gasteiger partial charge in [-0.2, -0.15) is 0 Å². The lowest BCUT2D eigenvalue weighted by atomic mass is 10.1. The highest BCUT2D eigenvalue weighted by Crippen LogP contribution is 2.21. The van der Waals surface area contributed by atoms with Crippen molar-refractivity contribution < 1.29 is 9.09 Å². The molecule has 80 valence electrons. The first kappa shape index (κ1) is 13.2. The van der Waals surface area contributed by atoms with Gasteiger partial charge in [-0.25, -0.2) is 0 Å². The molecule has 0 bridgehead atoms. The SMILES string of the molecule is CCCCCCCCO[PH](=O)CC. The zero-order chi connectivity index (χ0) is 9.94. The van der Waals surface area contributed by atoms with Crippen LogP contribution < -0.4 is 0 Å². The second-order valence-electron chi connectivity index (χ2n) is 3.34. The van der Waals surface area contributed by atoms with Crippen LogP contribution in [-0.2, 0) is 9.09 Å². The van der Waals surface area contributed by atoms with Crippen molar-refractivity contribution in [2.75, 3.05) is 12.8 Å². The summed E-state index contributed by atoms with van der Waals surface area (Å²) in [5.41, 5.74) is 0. The zero-order valence-corrected chi connectivity index (χ0v) is 9.97. The Balaban J connectivity index is 2.95. The average molecular weight is 206 g/mol. The zero-order valence-electron chi connectivity index (χ0n) is 8.97. The summed E-state index contributed by atoms with van der Waals surface area (Å²) in [6, 6.07) is 0. The topological polar surface area (TPSA) is 26.3 Å². The number of hydrogen-bond acceptors (Lipinski definition) is 2. The fourth-order valence-electron chi connectivity index (χ4n) is 1.17. The van der Waals surface area contributed by atoms with Gasteiger partial charge < -0.3 is 4.52 Å². The molecule has 0 spiro atoms. The van der Waals surface area contributed by atoms with Crippen LogP contribution in [0.1, 0.15) is 52.4 Å². The van der Waals surface area contributed by atoms with Gasteiger partial charge in [0.1, 0.15) is 0 Å².